The van der Waals surface area contributed by atoms with E-state index >= 15 is 0 Å². The maximum absolute atomic E-state index is 13.5. The number of aryl methyl sites for hydroxylation is 1. The second-order valence-electron chi connectivity index (χ2n) is 7.98. The van der Waals surface area contributed by atoms with E-state index in [1.807, 2.05) is 18.4 Å². The summed E-state index contributed by atoms with van der Waals surface area (Å²) in [5, 5.41) is 0. The van der Waals surface area contributed by atoms with Crippen LogP contribution in [0.5, 0.6) is 0 Å². The van der Waals surface area contributed by atoms with E-state index in [2.05, 4.69) is 9.80 Å². The highest BCUT2D eigenvalue weighted by atomic mass is 19.1. The monoisotopic (exact) mass is 384 g/mol. The highest BCUT2D eigenvalue weighted by Crippen LogP contribution is 2.31. The Bertz CT molecular complexity index is 885. The van der Waals surface area contributed by atoms with Crippen molar-refractivity contribution >= 4 is 11.6 Å². The molecule has 0 saturated heterocycles. The van der Waals surface area contributed by atoms with Crippen LogP contribution in [0.15, 0.2) is 29.1 Å². The molecule has 0 unspecified atom stereocenters. The van der Waals surface area contributed by atoms with Gasteiger partial charge in [-0.05, 0) is 50.5 Å². The van der Waals surface area contributed by atoms with E-state index in [4.69, 9.17) is 4.98 Å². The van der Waals surface area contributed by atoms with Crippen molar-refractivity contribution in [1.29, 1.82) is 0 Å². The van der Waals surface area contributed by atoms with Crippen molar-refractivity contribution in [2.75, 3.05) is 11.6 Å². The summed E-state index contributed by atoms with van der Waals surface area (Å²) in [5.74, 6) is 0.403. The zero-order valence-corrected chi connectivity index (χ0v) is 16.8. The van der Waals surface area contributed by atoms with Crippen LogP contribution < -0.4 is 10.5 Å². The third kappa shape index (κ3) is 3.58. The lowest BCUT2D eigenvalue weighted by molar-refractivity contribution is 0.123. The third-order valence-electron chi connectivity index (χ3n) is 6.17. The van der Waals surface area contributed by atoms with Gasteiger partial charge in [-0.15, -0.1) is 0 Å². The van der Waals surface area contributed by atoms with Crippen LogP contribution in [0, 0.1) is 12.7 Å². The van der Waals surface area contributed by atoms with Gasteiger partial charge in [-0.3, -0.25) is 19.2 Å². The van der Waals surface area contributed by atoms with Crippen molar-refractivity contribution in [3.05, 3.63) is 51.7 Å². The second kappa shape index (κ2) is 8.03. The van der Waals surface area contributed by atoms with Crippen LogP contribution >= 0.6 is 0 Å². The number of benzene rings is 1. The first-order chi connectivity index (χ1) is 13.6. The Morgan fingerprint density at radius 3 is 2.39 bits per heavy atom. The van der Waals surface area contributed by atoms with Gasteiger partial charge in [0.1, 0.15) is 5.82 Å². The van der Waals surface area contributed by atoms with Crippen molar-refractivity contribution in [3.8, 4) is 0 Å². The molecule has 1 aromatic heterocycles. The molecule has 0 bridgehead atoms. The summed E-state index contributed by atoms with van der Waals surface area (Å²) in [5.41, 5.74) is 2.48. The van der Waals surface area contributed by atoms with Crippen LogP contribution in [-0.2, 0) is 13.1 Å². The first-order valence-corrected chi connectivity index (χ1v) is 10.5. The number of rotatable bonds is 3. The Hall–Kier alpha value is -2.21. The van der Waals surface area contributed by atoms with Gasteiger partial charge >= 0.3 is 0 Å². The van der Waals surface area contributed by atoms with E-state index in [0.717, 1.165) is 16.9 Å². The first kappa shape index (κ1) is 19.1. The summed E-state index contributed by atoms with van der Waals surface area (Å²) in [6.07, 6.45) is 8.09. The maximum atomic E-state index is 13.5. The van der Waals surface area contributed by atoms with Crippen LogP contribution in [0.3, 0.4) is 0 Å². The van der Waals surface area contributed by atoms with Gasteiger partial charge in [0.05, 0.1) is 13.3 Å². The zero-order chi connectivity index (χ0) is 19.7. The van der Waals surface area contributed by atoms with Crippen LogP contribution in [0.25, 0.3) is 0 Å². The number of halogens is 1. The highest BCUT2D eigenvalue weighted by molar-refractivity contribution is 5.58. The summed E-state index contributed by atoms with van der Waals surface area (Å²) in [6.45, 7) is 5.16. The molecular weight excluding hydrogens is 355 g/mol. The molecule has 2 heterocycles. The molecule has 2 aliphatic rings. The Morgan fingerprint density at radius 1 is 1.07 bits per heavy atom. The number of aromatic nitrogens is 2. The van der Waals surface area contributed by atoms with Gasteiger partial charge in [0.15, 0.2) is 0 Å². The van der Waals surface area contributed by atoms with E-state index in [9.17, 15) is 9.18 Å². The SMILES string of the molecule is CCc1c(C)nc2n(c1=O)CN(C1CCCCCC1)CN2c1ccc(F)cc1. The van der Waals surface area contributed by atoms with E-state index < -0.39 is 0 Å². The lowest BCUT2D eigenvalue weighted by atomic mass is 10.1. The molecule has 5 nitrogen and oxygen atoms in total. The minimum absolute atomic E-state index is 0.0513. The van der Waals surface area contributed by atoms with E-state index in [-0.39, 0.29) is 11.4 Å². The smallest absolute Gasteiger partial charge is 0.259 e. The van der Waals surface area contributed by atoms with Crippen LogP contribution in [-0.4, -0.2) is 27.2 Å². The van der Waals surface area contributed by atoms with Crippen LogP contribution in [0.2, 0.25) is 0 Å². The molecule has 1 aliphatic heterocycles. The lowest BCUT2D eigenvalue weighted by Gasteiger charge is -2.42. The molecule has 1 saturated carbocycles. The average Bonchev–Trinajstić information content (AvgIpc) is 2.98. The fraction of sp³-hybridized carbons (Fsp3) is 0.545. The van der Waals surface area contributed by atoms with Gasteiger partial charge in [0.25, 0.3) is 5.56 Å². The number of hydrogen-bond acceptors (Lipinski definition) is 4. The molecular formula is C22H29FN4O. The van der Waals surface area contributed by atoms with Gasteiger partial charge in [0.2, 0.25) is 5.95 Å². The average molecular weight is 384 g/mol. The normalized spacial score (nSPS) is 18.8. The predicted molar refractivity (Wildman–Crippen MR) is 109 cm³/mol. The molecule has 0 N–H and O–H groups in total. The summed E-state index contributed by atoms with van der Waals surface area (Å²) < 4.78 is 15.3. The Balaban J connectivity index is 1.79. The van der Waals surface area contributed by atoms with Gasteiger partial charge in [-0.25, -0.2) is 9.37 Å². The first-order valence-electron chi connectivity index (χ1n) is 10.5. The molecule has 1 aliphatic carbocycles. The fourth-order valence-electron chi connectivity index (χ4n) is 4.57. The summed E-state index contributed by atoms with van der Waals surface area (Å²) in [6, 6.07) is 6.94. The summed E-state index contributed by atoms with van der Waals surface area (Å²) in [4.78, 5) is 22.5. The van der Waals surface area contributed by atoms with Crippen molar-refractivity contribution in [2.45, 2.75) is 71.5 Å². The molecule has 150 valence electrons. The zero-order valence-electron chi connectivity index (χ0n) is 16.8. The number of fused-ring (bicyclic) bond motifs is 1. The fourth-order valence-corrected chi connectivity index (χ4v) is 4.57. The van der Waals surface area contributed by atoms with Crippen molar-refractivity contribution in [2.24, 2.45) is 0 Å². The molecule has 0 radical (unpaired) electrons. The van der Waals surface area contributed by atoms with E-state index in [0.29, 0.717) is 31.7 Å². The van der Waals surface area contributed by atoms with E-state index in [1.54, 1.807) is 12.1 Å². The topological polar surface area (TPSA) is 41.4 Å². The van der Waals surface area contributed by atoms with Gasteiger partial charge in [-0.1, -0.05) is 32.6 Å². The minimum Gasteiger partial charge on any atom is -0.298 e. The van der Waals surface area contributed by atoms with Gasteiger partial charge < -0.3 is 0 Å². The van der Waals surface area contributed by atoms with Gasteiger partial charge in [-0.2, -0.15) is 0 Å². The predicted octanol–water partition coefficient (Wildman–Crippen LogP) is 4.34. The molecule has 28 heavy (non-hydrogen) atoms. The molecule has 0 atom stereocenters. The molecule has 6 heteroatoms. The molecule has 1 aromatic carbocycles. The second-order valence-corrected chi connectivity index (χ2v) is 7.98. The Morgan fingerprint density at radius 2 is 1.75 bits per heavy atom. The lowest BCUT2D eigenvalue weighted by Crippen LogP contribution is -2.51. The van der Waals surface area contributed by atoms with Crippen molar-refractivity contribution in [1.82, 2.24) is 14.5 Å². The Kier molecular flexibility index (Phi) is 5.49. The number of nitrogens with zero attached hydrogens (tertiary/aromatic N) is 4. The van der Waals surface area contributed by atoms with E-state index in [1.165, 1.54) is 50.7 Å². The van der Waals surface area contributed by atoms with Crippen LogP contribution in [0.1, 0.15) is 56.7 Å². The highest BCUT2D eigenvalue weighted by Gasteiger charge is 2.31. The molecule has 0 amide bonds. The standard InChI is InChI=1S/C22H29FN4O/c1-3-20-16(2)24-22-26(19-12-10-17(23)11-13-19)14-25(15-27(22)21(20)28)18-8-6-4-5-7-9-18/h10-13,18H,3-9,14-15H2,1-2H3. The number of anilines is 2. The molecule has 2 aromatic rings. The van der Waals surface area contributed by atoms with Crippen molar-refractivity contribution in [3.63, 3.8) is 0 Å². The molecule has 4 rings (SSSR count). The maximum Gasteiger partial charge on any atom is 0.259 e. The van der Waals surface area contributed by atoms with Crippen molar-refractivity contribution < 1.29 is 4.39 Å². The minimum atomic E-state index is -0.260. The largest absolute Gasteiger partial charge is 0.298 e. The quantitative estimate of drug-likeness (QED) is 0.738. The summed E-state index contributed by atoms with van der Waals surface area (Å²) >= 11 is 0. The molecule has 1 fully saturated rings. The molecule has 0 spiro atoms. The third-order valence-corrected chi connectivity index (χ3v) is 6.17. The number of hydrogen-bond donors (Lipinski definition) is 0. The van der Waals surface area contributed by atoms with Gasteiger partial charge in [0, 0.05) is 23.0 Å². The Labute approximate surface area is 165 Å². The van der Waals surface area contributed by atoms with Crippen LogP contribution in [0.4, 0.5) is 16.0 Å². The summed E-state index contributed by atoms with van der Waals surface area (Å²) in [7, 11) is 0.